The highest BCUT2D eigenvalue weighted by Crippen LogP contribution is 2.10. The van der Waals surface area contributed by atoms with Gasteiger partial charge in [-0.15, -0.1) is 0 Å². The van der Waals surface area contributed by atoms with Crippen LogP contribution in [-0.2, 0) is 6.42 Å². The van der Waals surface area contributed by atoms with Crippen molar-refractivity contribution in [3.63, 3.8) is 0 Å². The van der Waals surface area contributed by atoms with E-state index in [1.807, 2.05) is 42.5 Å². The maximum absolute atomic E-state index is 11.1. The maximum atomic E-state index is 11.1. The van der Waals surface area contributed by atoms with E-state index in [-0.39, 0.29) is 13.2 Å². The average Bonchev–Trinajstić information content (AvgIpc) is 2.31. The van der Waals surface area contributed by atoms with Gasteiger partial charge in [-0.1, -0.05) is 62.0 Å². The Balaban J connectivity index is 0.00000144. The van der Waals surface area contributed by atoms with Crippen LogP contribution in [0, 0.1) is 0 Å². The number of ketones is 1. The quantitative estimate of drug-likeness (QED) is 0.720. The molecule has 0 saturated carbocycles. The first kappa shape index (κ1) is 13.2. The highest BCUT2D eigenvalue weighted by atomic mass is 16.1. The van der Waals surface area contributed by atoms with Gasteiger partial charge < -0.3 is 0 Å². The van der Waals surface area contributed by atoms with E-state index in [0.29, 0.717) is 0 Å². The van der Waals surface area contributed by atoms with E-state index >= 15 is 0 Å². The molecule has 0 saturated heterocycles. The van der Waals surface area contributed by atoms with E-state index in [1.165, 1.54) is 11.1 Å². The topological polar surface area (TPSA) is 17.1 Å². The van der Waals surface area contributed by atoms with Crippen LogP contribution in [0.3, 0.4) is 0 Å². The van der Waals surface area contributed by atoms with Crippen molar-refractivity contribution >= 4 is 5.78 Å². The first-order chi connectivity index (χ1) is 7.75. The summed E-state index contributed by atoms with van der Waals surface area (Å²) in [5.41, 5.74) is 3.30. The normalized spacial score (nSPS) is 9.47. The third-order valence-corrected chi connectivity index (χ3v) is 2.61. The third-order valence-electron chi connectivity index (χ3n) is 2.61. The number of Topliss-reactive ketones (excluding diaryl/α,β-unsaturated/α-hetero) is 1. The van der Waals surface area contributed by atoms with Gasteiger partial charge in [-0.3, -0.25) is 4.79 Å². The van der Waals surface area contributed by atoms with Crippen LogP contribution in [0.4, 0.5) is 0 Å². The predicted molar refractivity (Wildman–Crippen MR) is 72.4 cm³/mol. The fourth-order valence-corrected chi connectivity index (χ4v) is 1.69. The molecular weight excluding hydrogens is 208 g/mol. The summed E-state index contributed by atoms with van der Waals surface area (Å²) in [6.07, 6.45) is 0.916. The van der Waals surface area contributed by atoms with Gasteiger partial charge >= 0.3 is 0 Å². The third kappa shape index (κ3) is 3.56. The van der Waals surface area contributed by atoms with Gasteiger partial charge in [0.15, 0.2) is 5.78 Å². The molecule has 2 rings (SSSR count). The first-order valence-corrected chi connectivity index (χ1v) is 5.39. The molecule has 2 aromatic carbocycles. The van der Waals surface area contributed by atoms with Crippen LogP contribution in [0.15, 0.2) is 54.6 Å². The lowest BCUT2D eigenvalue weighted by molar-refractivity contribution is 0.101. The van der Waals surface area contributed by atoms with Crippen molar-refractivity contribution in [2.24, 2.45) is 0 Å². The smallest absolute Gasteiger partial charge is 0.159 e. The summed E-state index contributed by atoms with van der Waals surface area (Å²) in [5.74, 6) is 0.117. The van der Waals surface area contributed by atoms with Crippen LogP contribution in [0.2, 0.25) is 0 Å². The highest BCUT2D eigenvalue weighted by Gasteiger charge is 1.99. The standard InChI is InChI=1S/C15H14O.CH4/c1-12(16)15-9-7-14(8-10-15)11-13-5-3-2-4-6-13;/h2-10H,11H2,1H3;1H4. The van der Waals surface area contributed by atoms with E-state index in [1.54, 1.807) is 6.92 Å². The SMILES string of the molecule is C.CC(=O)c1ccc(Cc2ccccc2)cc1. The number of carbonyl (C=O) groups is 1. The van der Waals surface area contributed by atoms with Gasteiger partial charge in [-0.2, -0.15) is 0 Å². The minimum atomic E-state index is 0. The number of hydrogen-bond acceptors (Lipinski definition) is 1. The summed E-state index contributed by atoms with van der Waals surface area (Å²) < 4.78 is 0. The van der Waals surface area contributed by atoms with Crippen molar-refractivity contribution < 1.29 is 4.79 Å². The molecule has 0 amide bonds. The number of rotatable bonds is 3. The van der Waals surface area contributed by atoms with Crippen molar-refractivity contribution in [1.29, 1.82) is 0 Å². The van der Waals surface area contributed by atoms with Gasteiger partial charge in [-0.25, -0.2) is 0 Å². The molecule has 0 N–H and O–H groups in total. The molecule has 1 nitrogen and oxygen atoms in total. The van der Waals surface area contributed by atoms with E-state index < -0.39 is 0 Å². The lowest BCUT2D eigenvalue weighted by Crippen LogP contribution is -1.93. The molecule has 0 aliphatic carbocycles. The highest BCUT2D eigenvalue weighted by molar-refractivity contribution is 5.94. The van der Waals surface area contributed by atoms with Crippen molar-refractivity contribution in [1.82, 2.24) is 0 Å². The van der Waals surface area contributed by atoms with Gasteiger partial charge in [0.1, 0.15) is 0 Å². The Morgan fingerprint density at radius 1 is 0.882 bits per heavy atom. The zero-order valence-corrected chi connectivity index (χ0v) is 9.31. The fourth-order valence-electron chi connectivity index (χ4n) is 1.69. The van der Waals surface area contributed by atoms with Gasteiger partial charge in [0.25, 0.3) is 0 Å². The van der Waals surface area contributed by atoms with Crippen molar-refractivity contribution in [3.05, 3.63) is 71.3 Å². The molecule has 0 spiro atoms. The molecule has 0 radical (unpaired) electrons. The molecule has 88 valence electrons. The number of benzene rings is 2. The van der Waals surface area contributed by atoms with Crippen molar-refractivity contribution in [3.8, 4) is 0 Å². The molecule has 17 heavy (non-hydrogen) atoms. The Kier molecular flexibility index (Phi) is 4.65. The Morgan fingerprint density at radius 3 is 1.94 bits per heavy atom. The molecule has 0 unspecified atom stereocenters. The zero-order valence-electron chi connectivity index (χ0n) is 9.31. The average molecular weight is 226 g/mol. The van der Waals surface area contributed by atoms with E-state index in [0.717, 1.165) is 12.0 Å². The van der Waals surface area contributed by atoms with E-state index in [9.17, 15) is 4.79 Å². The summed E-state index contributed by atoms with van der Waals surface area (Å²) in [4.78, 5) is 11.1. The monoisotopic (exact) mass is 226 g/mol. The molecule has 0 fully saturated rings. The van der Waals surface area contributed by atoms with Gasteiger partial charge in [0.2, 0.25) is 0 Å². The van der Waals surface area contributed by atoms with Crippen LogP contribution >= 0.6 is 0 Å². The molecule has 0 bridgehead atoms. The van der Waals surface area contributed by atoms with Gasteiger partial charge in [0, 0.05) is 5.56 Å². The lowest BCUT2D eigenvalue weighted by atomic mass is 10.0. The summed E-state index contributed by atoms with van der Waals surface area (Å²) in [6, 6.07) is 18.1. The van der Waals surface area contributed by atoms with Gasteiger partial charge in [0.05, 0.1) is 0 Å². The Hall–Kier alpha value is -1.89. The minimum Gasteiger partial charge on any atom is -0.295 e. The molecular formula is C16H18O. The second-order valence-corrected chi connectivity index (χ2v) is 3.92. The summed E-state index contributed by atoms with van der Waals surface area (Å²) in [7, 11) is 0. The van der Waals surface area contributed by atoms with Crippen LogP contribution in [-0.4, -0.2) is 5.78 Å². The fraction of sp³-hybridized carbons (Fsp3) is 0.188. The molecule has 2 aromatic rings. The second-order valence-electron chi connectivity index (χ2n) is 3.92. The minimum absolute atomic E-state index is 0. The van der Waals surface area contributed by atoms with Crippen LogP contribution < -0.4 is 0 Å². The van der Waals surface area contributed by atoms with E-state index in [4.69, 9.17) is 0 Å². The number of carbonyl (C=O) groups excluding carboxylic acids is 1. The summed E-state index contributed by atoms with van der Waals surface area (Å²) >= 11 is 0. The maximum Gasteiger partial charge on any atom is 0.159 e. The summed E-state index contributed by atoms with van der Waals surface area (Å²) in [5, 5.41) is 0. The predicted octanol–water partition coefficient (Wildman–Crippen LogP) is 4.12. The molecule has 0 atom stereocenters. The first-order valence-electron chi connectivity index (χ1n) is 5.39. The molecule has 0 aromatic heterocycles. The summed E-state index contributed by atoms with van der Waals surface area (Å²) in [6.45, 7) is 1.59. The second kappa shape index (κ2) is 6.00. The lowest BCUT2D eigenvalue weighted by Gasteiger charge is -2.02. The Morgan fingerprint density at radius 2 is 1.41 bits per heavy atom. The van der Waals surface area contributed by atoms with E-state index in [2.05, 4.69) is 12.1 Å². The van der Waals surface area contributed by atoms with Gasteiger partial charge in [-0.05, 0) is 24.5 Å². The Labute approximate surface area is 103 Å². The van der Waals surface area contributed by atoms with Crippen LogP contribution in [0.25, 0.3) is 0 Å². The largest absolute Gasteiger partial charge is 0.295 e. The molecule has 0 aliphatic rings. The molecule has 0 aliphatic heterocycles. The Bertz CT molecular complexity index is 469. The molecule has 1 heteroatoms. The number of hydrogen-bond donors (Lipinski definition) is 0. The van der Waals surface area contributed by atoms with Crippen molar-refractivity contribution in [2.45, 2.75) is 20.8 Å². The van der Waals surface area contributed by atoms with Crippen LogP contribution in [0.5, 0.6) is 0 Å². The van der Waals surface area contributed by atoms with Crippen LogP contribution in [0.1, 0.15) is 35.8 Å². The molecule has 0 heterocycles. The van der Waals surface area contributed by atoms with Crippen molar-refractivity contribution in [2.75, 3.05) is 0 Å². The zero-order chi connectivity index (χ0) is 11.4.